The van der Waals surface area contributed by atoms with Gasteiger partial charge in [0.05, 0.1) is 0 Å². The SMILES string of the molecule is CC(=O)CCC(=O)Nc1ccc2cc(C)ccc2c1. The maximum Gasteiger partial charge on any atom is 0.224 e. The summed E-state index contributed by atoms with van der Waals surface area (Å²) in [7, 11) is 0. The van der Waals surface area contributed by atoms with Crippen molar-refractivity contribution in [2.45, 2.75) is 26.7 Å². The molecule has 0 saturated heterocycles. The van der Waals surface area contributed by atoms with Crippen molar-refractivity contribution in [1.29, 1.82) is 0 Å². The van der Waals surface area contributed by atoms with E-state index in [0.717, 1.165) is 16.5 Å². The van der Waals surface area contributed by atoms with E-state index in [2.05, 4.69) is 18.3 Å². The second kappa shape index (κ2) is 5.65. The first kappa shape index (κ1) is 13.3. The minimum atomic E-state index is -0.123. The molecule has 3 nitrogen and oxygen atoms in total. The minimum absolute atomic E-state index is 0.0316. The second-order valence-corrected chi connectivity index (χ2v) is 4.82. The number of aryl methyl sites for hydroxylation is 1. The largest absolute Gasteiger partial charge is 0.326 e. The van der Waals surface area contributed by atoms with Crippen LogP contribution in [0.5, 0.6) is 0 Å². The van der Waals surface area contributed by atoms with Crippen molar-refractivity contribution < 1.29 is 9.59 Å². The summed E-state index contributed by atoms with van der Waals surface area (Å²) in [6, 6.07) is 12.0. The van der Waals surface area contributed by atoms with Crippen molar-refractivity contribution >= 4 is 28.2 Å². The molecular weight excluding hydrogens is 238 g/mol. The molecule has 0 saturated carbocycles. The maximum absolute atomic E-state index is 11.6. The molecule has 0 atom stereocenters. The number of fused-ring (bicyclic) bond motifs is 1. The fourth-order valence-electron chi connectivity index (χ4n) is 1.96. The molecule has 2 rings (SSSR count). The molecule has 1 amide bonds. The fourth-order valence-corrected chi connectivity index (χ4v) is 1.96. The summed E-state index contributed by atoms with van der Waals surface area (Å²) in [5.74, 6) is -0.0919. The van der Waals surface area contributed by atoms with Gasteiger partial charge in [-0.15, -0.1) is 0 Å². The van der Waals surface area contributed by atoms with Crippen molar-refractivity contribution in [3.05, 3.63) is 42.0 Å². The molecule has 0 aliphatic heterocycles. The van der Waals surface area contributed by atoms with Gasteiger partial charge in [-0.25, -0.2) is 0 Å². The maximum atomic E-state index is 11.6. The van der Waals surface area contributed by atoms with Crippen LogP contribution in [0.2, 0.25) is 0 Å². The Balaban J connectivity index is 2.11. The van der Waals surface area contributed by atoms with E-state index in [-0.39, 0.29) is 18.1 Å². The van der Waals surface area contributed by atoms with E-state index in [1.54, 1.807) is 0 Å². The average Bonchev–Trinajstić information content (AvgIpc) is 2.36. The summed E-state index contributed by atoms with van der Waals surface area (Å²) < 4.78 is 0. The van der Waals surface area contributed by atoms with Crippen molar-refractivity contribution in [2.75, 3.05) is 5.32 Å². The van der Waals surface area contributed by atoms with Gasteiger partial charge in [0.15, 0.2) is 0 Å². The van der Waals surface area contributed by atoms with E-state index in [4.69, 9.17) is 0 Å². The van der Waals surface area contributed by atoms with E-state index in [0.29, 0.717) is 6.42 Å². The quantitative estimate of drug-likeness (QED) is 0.909. The minimum Gasteiger partial charge on any atom is -0.326 e. The zero-order chi connectivity index (χ0) is 13.8. The van der Waals surface area contributed by atoms with Gasteiger partial charge >= 0.3 is 0 Å². The Hall–Kier alpha value is -2.16. The first-order chi connectivity index (χ1) is 9.04. The monoisotopic (exact) mass is 255 g/mol. The third-order valence-corrected chi connectivity index (χ3v) is 2.98. The van der Waals surface area contributed by atoms with Crippen LogP contribution in [-0.4, -0.2) is 11.7 Å². The molecule has 2 aromatic carbocycles. The molecule has 0 unspecified atom stereocenters. The number of hydrogen-bond acceptors (Lipinski definition) is 2. The lowest BCUT2D eigenvalue weighted by molar-refractivity contribution is -0.121. The molecule has 0 radical (unpaired) electrons. The lowest BCUT2D eigenvalue weighted by Gasteiger charge is -2.06. The van der Waals surface area contributed by atoms with Crippen LogP contribution in [0, 0.1) is 6.92 Å². The molecule has 0 fully saturated rings. The highest BCUT2D eigenvalue weighted by Gasteiger charge is 2.04. The van der Waals surface area contributed by atoms with Crippen LogP contribution in [0.25, 0.3) is 10.8 Å². The Labute approximate surface area is 112 Å². The number of nitrogens with one attached hydrogen (secondary N) is 1. The molecule has 0 heterocycles. The van der Waals surface area contributed by atoms with Crippen molar-refractivity contribution in [2.24, 2.45) is 0 Å². The molecule has 0 aliphatic carbocycles. The summed E-state index contributed by atoms with van der Waals surface area (Å²) in [4.78, 5) is 22.5. The standard InChI is InChI=1S/C16H17NO2/c1-11-3-5-14-10-15(7-6-13(14)9-11)17-16(19)8-4-12(2)18/h3,5-7,9-10H,4,8H2,1-2H3,(H,17,19). The predicted molar refractivity (Wildman–Crippen MR) is 77.2 cm³/mol. The van der Waals surface area contributed by atoms with Gasteiger partial charge in [-0.2, -0.15) is 0 Å². The topological polar surface area (TPSA) is 46.2 Å². The van der Waals surface area contributed by atoms with Gasteiger partial charge in [-0.1, -0.05) is 29.8 Å². The van der Waals surface area contributed by atoms with Gasteiger partial charge in [-0.3, -0.25) is 4.79 Å². The molecule has 3 heteroatoms. The lowest BCUT2D eigenvalue weighted by Crippen LogP contribution is -2.12. The second-order valence-electron chi connectivity index (χ2n) is 4.82. The summed E-state index contributed by atoms with van der Waals surface area (Å²) in [5.41, 5.74) is 1.98. The molecule has 98 valence electrons. The Morgan fingerprint density at radius 1 is 1.00 bits per heavy atom. The summed E-state index contributed by atoms with van der Waals surface area (Å²) in [6.07, 6.45) is 0.528. The number of carbonyl (C=O) groups is 2. The Morgan fingerprint density at radius 2 is 1.68 bits per heavy atom. The fraction of sp³-hybridized carbons (Fsp3) is 0.250. The van der Waals surface area contributed by atoms with Crippen LogP contribution in [0.1, 0.15) is 25.3 Å². The summed E-state index contributed by atoms with van der Waals surface area (Å²) >= 11 is 0. The third kappa shape index (κ3) is 3.65. The van der Waals surface area contributed by atoms with Gasteiger partial charge in [-0.05, 0) is 36.8 Å². The zero-order valence-corrected chi connectivity index (χ0v) is 11.2. The van der Waals surface area contributed by atoms with Crippen molar-refractivity contribution in [3.8, 4) is 0 Å². The van der Waals surface area contributed by atoms with E-state index < -0.39 is 0 Å². The van der Waals surface area contributed by atoms with Gasteiger partial charge < -0.3 is 10.1 Å². The number of Topliss-reactive ketones (excluding diaryl/α,β-unsaturated/α-hetero) is 1. The Bertz CT molecular complexity index is 632. The van der Waals surface area contributed by atoms with E-state index >= 15 is 0 Å². The van der Waals surface area contributed by atoms with Crippen molar-refractivity contribution in [1.82, 2.24) is 0 Å². The van der Waals surface area contributed by atoms with Crippen LogP contribution in [0.15, 0.2) is 36.4 Å². The first-order valence-electron chi connectivity index (χ1n) is 6.34. The van der Waals surface area contributed by atoms with Crippen LogP contribution in [0.3, 0.4) is 0 Å². The molecule has 0 spiro atoms. The first-order valence-corrected chi connectivity index (χ1v) is 6.34. The predicted octanol–water partition coefficient (Wildman–Crippen LogP) is 3.46. The van der Waals surface area contributed by atoms with Crippen LogP contribution in [0.4, 0.5) is 5.69 Å². The number of ketones is 1. The third-order valence-electron chi connectivity index (χ3n) is 2.98. The lowest BCUT2D eigenvalue weighted by atomic mass is 10.1. The van der Waals surface area contributed by atoms with Crippen LogP contribution < -0.4 is 5.32 Å². The van der Waals surface area contributed by atoms with Crippen LogP contribution >= 0.6 is 0 Å². The normalized spacial score (nSPS) is 10.4. The Kier molecular flexibility index (Phi) is 3.95. The zero-order valence-electron chi connectivity index (χ0n) is 11.2. The molecule has 0 aliphatic rings. The van der Waals surface area contributed by atoms with E-state index in [1.807, 2.05) is 30.3 Å². The highest BCUT2D eigenvalue weighted by molar-refractivity contribution is 5.95. The summed E-state index contributed by atoms with van der Waals surface area (Å²) in [5, 5.41) is 5.06. The molecule has 0 aromatic heterocycles. The van der Waals surface area contributed by atoms with Gasteiger partial charge in [0.25, 0.3) is 0 Å². The molecule has 19 heavy (non-hydrogen) atoms. The molecule has 0 bridgehead atoms. The van der Waals surface area contributed by atoms with E-state index in [9.17, 15) is 9.59 Å². The highest BCUT2D eigenvalue weighted by Crippen LogP contribution is 2.20. The molecular formula is C16H17NO2. The number of carbonyl (C=O) groups excluding carboxylic acids is 2. The van der Waals surface area contributed by atoms with E-state index in [1.165, 1.54) is 12.5 Å². The number of hydrogen-bond donors (Lipinski definition) is 1. The average molecular weight is 255 g/mol. The number of anilines is 1. The molecule has 2 aromatic rings. The number of rotatable bonds is 4. The molecule has 1 N–H and O–H groups in total. The summed E-state index contributed by atoms with van der Waals surface area (Å²) in [6.45, 7) is 3.54. The number of benzene rings is 2. The van der Waals surface area contributed by atoms with Crippen molar-refractivity contribution in [3.63, 3.8) is 0 Å². The smallest absolute Gasteiger partial charge is 0.224 e. The van der Waals surface area contributed by atoms with Crippen LogP contribution in [-0.2, 0) is 9.59 Å². The van der Waals surface area contributed by atoms with Gasteiger partial charge in [0.2, 0.25) is 5.91 Å². The van der Waals surface area contributed by atoms with Gasteiger partial charge in [0.1, 0.15) is 5.78 Å². The number of amides is 1. The van der Waals surface area contributed by atoms with Gasteiger partial charge in [0, 0.05) is 18.5 Å². The Morgan fingerprint density at radius 3 is 2.42 bits per heavy atom. The highest BCUT2D eigenvalue weighted by atomic mass is 16.2.